The summed E-state index contributed by atoms with van der Waals surface area (Å²) < 4.78 is 32.8. The summed E-state index contributed by atoms with van der Waals surface area (Å²) in [5, 5.41) is 3.91. The van der Waals surface area contributed by atoms with Gasteiger partial charge in [0, 0.05) is 22.6 Å². The van der Waals surface area contributed by atoms with E-state index in [1.54, 1.807) is 42.5 Å². The maximum absolute atomic E-state index is 14.0. The number of benzene rings is 3. The lowest BCUT2D eigenvalue weighted by molar-refractivity contribution is -0.140. The lowest BCUT2D eigenvalue weighted by Gasteiger charge is -2.34. The Balaban J connectivity index is 1.60. The molecule has 2 amide bonds. The molecule has 1 unspecified atom stereocenters. The van der Waals surface area contributed by atoms with Gasteiger partial charge in [0.05, 0.1) is 11.9 Å². The second kappa shape index (κ2) is 14.9. The SMILES string of the molecule is CCC(C(=O)NC1CCCCC1)N(Cc1ccc(Cl)cc1Cl)C(=O)CN(c1ccc(Oc2ccccc2)cc1)S(C)(=O)=O. The molecule has 0 bridgehead atoms. The largest absolute Gasteiger partial charge is 0.457 e. The first-order chi connectivity index (χ1) is 20.5. The van der Waals surface area contributed by atoms with Crippen LogP contribution in [0, 0.1) is 0 Å². The molecular formula is C32H37Cl2N3O5S. The Morgan fingerprint density at radius 3 is 2.21 bits per heavy atom. The van der Waals surface area contributed by atoms with Crippen molar-refractivity contribution in [3.8, 4) is 11.5 Å². The van der Waals surface area contributed by atoms with Crippen LogP contribution in [-0.2, 0) is 26.2 Å². The van der Waals surface area contributed by atoms with E-state index in [0.717, 1.165) is 42.7 Å². The van der Waals surface area contributed by atoms with Gasteiger partial charge in [0.15, 0.2) is 0 Å². The molecule has 1 fully saturated rings. The summed E-state index contributed by atoms with van der Waals surface area (Å²) in [7, 11) is -3.88. The van der Waals surface area contributed by atoms with Gasteiger partial charge in [-0.2, -0.15) is 0 Å². The highest BCUT2D eigenvalue weighted by Gasteiger charge is 2.33. The van der Waals surface area contributed by atoms with Crippen LogP contribution in [0.15, 0.2) is 72.8 Å². The fourth-order valence-corrected chi connectivity index (χ4v) is 6.53. The fraction of sp³-hybridized carbons (Fsp3) is 0.375. The van der Waals surface area contributed by atoms with Crippen molar-refractivity contribution in [3.05, 3.63) is 88.4 Å². The molecular weight excluding hydrogens is 609 g/mol. The Kier molecular flexibility index (Phi) is 11.3. The van der Waals surface area contributed by atoms with Crippen molar-refractivity contribution >= 4 is 50.7 Å². The molecule has 3 aromatic rings. The molecule has 1 aliphatic rings. The van der Waals surface area contributed by atoms with Crippen LogP contribution in [0.1, 0.15) is 51.0 Å². The quantitative estimate of drug-likeness (QED) is 0.233. The number of sulfonamides is 1. The molecule has 230 valence electrons. The van der Waals surface area contributed by atoms with Gasteiger partial charge in [-0.3, -0.25) is 13.9 Å². The number of anilines is 1. The number of para-hydroxylation sites is 1. The Bertz CT molecular complexity index is 1500. The maximum atomic E-state index is 14.0. The van der Waals surface area contributed by atoms with Crippen LogP contribution >= 0.6 is 23.2 Å². The first-order valence-electron chi connectivity index (χ1n) is 14.4. The van der Waals surface area contributed by atoms with Crippen LogP contribution in [-0.4, -0.2) is 50.0 Å². The third-order valence-electron chi connectivity index (χ3n) is 7.48. The van der Waals surface area contributed by atoms with Crippen LogP contribution in [0.3, 0.4) is 0 Å². The summed E-state index contributed by atoms with van der Waals surface area (Å²) >= 11 is 12.6. The molecule has 8 nitrogen and oxygen atoms in total. The molecule has 0 aliphatic heterocycles. The number of hydrogen-bond acceptors (Lipinski definition) is 5. The highest BCUT2D eigenvalue weighted by atomic mass is 35.5. The minimum atomic E-state index is -3.88. The Morgan fingerprint density at radius 2 is 1.60 bits per heavy atom. The van der Waals surface area contributed by atoms with E-state index in [-0.39, 0.29) is 18.5 Å². The standard InChI is InChI=1S/C32H37Cl2N3O5S/c1-3-30(32(39)35-25-10-6-4-7-11-25)36(21-23-14-15-24(33)20-29(23)34)31(38)22-37(43(2,40)41)26-16-18-28(19-17-26)42-27-12-8-5-9-13-27/h5,8-9,12-20,25,30H,3-4,6-7,10-11,21-22H2,1-2H3,(H,35,39). The predicted molar refractivity (Wildman–Crippen MR) is 171 cm³/mol. The van der Waals surface area contributed by atoms with Crippen molar-refractivity contribution in [2.75, 3.05) is 17.1 Å². The normalized spacial score (nSPS) is 14.5. The number of carbonyl (C=O) groups excluding carboxylic acids is 2. The summed E-state index contributed by atoms with van der Waals surface area (Å²) in [4.78, 5) is 29.0. The Labute approximate surface area is 264 Å². The number of nitrogens with zero attached hydrogens (tertiary/aromatic N) is 2. The maximum Gasteiger partial charge on any atom is 0.244 e. The Morgan fingerprint density at radius 1 is 0.953 bits per heavy atom. The summed E-state index contributed by atoms with van der Waals surface area (Å²) in [6.45, 7) is 1.33. The summed E-state index contributed by atoms with van der Waals surface area (Å²) in [6, 6.07) is 19.8. The van der Waals surface area contributed by atoms with Gasteiger partial charge in [-0.25, -0.2) is 8.42 Å². The molecule has 1 atom stereocenters. The summed E-state index contributed by atoms with van der Waals surface area (Å²) in [5.74, 6) is 0.353. The monoisotopic (exact) mass is 645 g/mol. The number of carbonyl (C=O) groups is 2. The lowest BCUT2D eigenvalue weighted by Crippen LogP contribution is -2.54. The van der Waals surface area contributed by atoms with Crippen molar-refractivity contribution in [1.82, 2.24) is 10.2 Å². The number of ether oxygens (including phenoxy) is 1. The molecule has 43 heavy (non-hydrogen) atoms. The minimum Gasteiger partial charge on any atom is -0.457 e. The number of halogens is 2. The van der Waals surface area contributed by atoms with Crippen LogP contribution in [0.2, 0.25) is 10.0 Å². The second-order valence-corrected chi connectivity index (χ2v) is 13.5. The van der Waals surface area contributed by atoms with E-state index in [0.29, 0.717) is 39.2 Å². The molecule has 0 heterocycles. The molecule has 11 heteroatoms. The predicted octanol–water partition coefficient (Wildman–Crippen LogP) is 6.81. The van der Waals surface area contributed by atoms with Gasteiger partial charge in [-0.05, 0) is 73.4 Å². The summed E-state index contributed by atoms with van der Waals surface area (Å²) in [6.07, 6.45) is 6.40. The average Bonchev–Trinajstić information content (AvgIpc) is 2.98. The number of rotatable bonds is 12. The van der Waals surface area contributed by atoms with Crippen LogP contribution in [0.25, 0.3) is 0 Å². The molecule has 1 aliphatic carbocycles. The molecule has 4 rings (SSSR count). The minimum absolute atomic E-state index is 0.00683. The third kappa shape index (κ3) is 9.11. The van der Waals surface area contributed by atoms with Gasteiger partial charge < -0.3 is 15.0 Å². The topological polar surface area (TPSA) is 96.0 Å². The zero-order valence-electron chi connectivity index (χ0n) is 24.3. The van der Waals surface area contributed by atoms with Crippen molar-refractivity contribution in [3.63, 3.8) is 0 Å². The van der Waals surface area contributed by atoms with E-state index in [2.05, 4.69) is 5.32 Å². The van der Waals surface area contributed by atoms with E-state index in [4.69, 9.17) is 27.9 Å². The van der Waals surface area contributed by atoms with Gasteiger partial charge in [-0.15, -0.1) is 0 Å². The van der Waals surface area contributed by atoms with E-state index in [1.165, 1.54) is 4.90 Å². The molecule has 1 saturated carbocycles. The van der Waals surface area contributed by atoms with Crippen LogP contribution in [0.4, 0.5) is 5.69 Å². The van der Waals surface area contributed by atoms with Crippen molar-refractivity contribution in [2.45, 2.75) is 64.1 Å². The van der Waals surface area contributed by atoms with Crippen LogP contribution < -0.4 is 14.4 Å². The average molecular weight is 647 g/mol. The molecule has 1 N–H and O–H groups in total. The first-order valence-corrected chi connectivity index (χ1v) is 17.0. The summed E-state index contributed by atoms with van der Waals surface area (Å²) in [5.41, 5.74) is 0.886. The van der Waals surface area contributed by atoms with E-state index >= 15 is 0 Å². The number of nitrogens with one attached hydrogen (secondary N) is 1. The molecule has 0 aromatic heterocycles. The zero-order valence-corrected chi connectivity index (χ0v) is 26.7. The highest BCUT2D eigenvalue weighted by molar-refractivity contribution is 7.92. The molecule has 3 aromatic carbocycles. The fourth-order valence-electron chi connectivity index (χ4n) is 5.22. The van der Waals surface area contributed by atoms with Gasteiger partial charge in [0.2, 0.25) is 21.8 Å². The van der Waals surface area contributed by atoms with E-state index in [1.807, 2.05) is 37.3 Å². The molecule has 0 radical (unpaired) electrons. The first kappa shape index (κ1) is 32.6. The van der Waals surface area contributed by atoms with E-state index in [9.17, 15) is 18.0 Å². The highest BCUT2D eigenvalue weighted by Crippen LogP contribution is 2.28. The molecule has 0 saturated heterocycles. The van der Waals surface area contributed by atoms with Gasteiger partial charge in [0.1, 0.15) is 24.1 Å². The third-order valence-corrected chi connectivity index (χ3v) is 9.20. The van der Waals surface area contributed by atoms with Crippen molar-refractivity contribution < 1.29 is 22.7 Å². The number of hydrogen-bond donors (Lipinski definition) is 1. The van der Waals surface area contributed by atoms with E-state index < -0.39 is 28.5 Å². The smallest absolute Gasteiger partial charge is 0.244 e. The zero-order chi connectivity index (χ0) is 31.0. The van der Waals surface area contributed by atoms with Gasteiger partial charge >= 0.3 is 0 Å². The van der Waals surface area contributed by atoms with Crippen molar-refractivity contribution in [1.29, 1.82) is 0 Å². The Hall–Kier alpha value is -3.27. The van der Waals surface area contributed by atoms with Crippen LogP contribution in [0.5, 0.6) is 11.5 Å². The number of amides is 2. The molecule has 0 spiro atoms. The lowest BCUT2D eigenvalue weighted by atomic mass is 9.95. The second-order valence-electron chi connectivity index (χ2n) is 10.7. The van der Waals surface area contributed by atoms with Gasteiger partial charge in [-0.1, -0.05) is 73.7 Å². The van der Waals surface area contributed by atoms with Crippen molar-refractivity contribution in [2.24, 2.45) is 0 Å². The van der Waals surface area contributed by atoms with Gasteiger partial charge in [0.25, 0.3) is 0 Å².